The summed E-state index contributed by atoms with van der Waals surface area (Å²) < 4.78 is 0. The summed E-state index contributed by atoms with van der Waals surface area (Å²) in [6.45, 7) is 1.07. The van der Waals surface area contributed by atoms with Crippen LogP contribution in [0.1, 0.15) is 23.5 Å². The highest BCUT2D eigenvalue weighted by Gasteiger charge is 2.24. The van der Waals surface area contributed by atoms with Crippen LogP contribution in [-0.4, -0.2) is 13.6 Å². The van der Waals surface area contributed by atoms with E-state index in [2.05, 4.69) is 90.8 Å². The summed E-state index contributed by atoms with van der Waals surface area (Å²) >= 11 is 0. The van der Waals surface area contributed by atoms with E-state index in [9.17, 15) is 0 Å². The molecule has 0 bridgehead atoms. The van der Waals surface area contributed by atoms with E-state index >= 15 is 0 Å². The van der Waals surface area contributed by atoms with Gasteiger partial charge in [-0.05, 0) is 53.1 Å². The van der Waals surface area contributed by atoms with Gasteiger partial charge in [-0.3, -0.25) is 0 Å². The zero-order chi connectivity index (χ0) is 16.4. The number of hydrogen-bond acceptors (Lipinski definition) is 1. The second-order valence-electron chi connectivity index (χ2n) is 6.69. The number of anilines is 1. The van der Waals surface area contributed by atoms with E-state index in [-0.39, 0.29) is 0 Å². The molecule has 1 unspecified atom stereocenters. The molecule has 0 fully saturated rings. The van der Waals surface area contributed by atoms with Crippen molar-refractivity contribution in [3.05, 3.63) is 90.0 Å². The average Bonchev–Trinajstić information content (AvgIpc) is 2.66. The number of benzene rings is 3. The van der Waals surface area contributed by atoms with Gasteiger partial charge in [-0.1, -0.05) is 66.7 Å². The van der Waals surface area contributed by atoms with Crippen molar-refractivity contribution in [2.75, 3.05) is 18.5 Å². The fourth-order valence-corrected chi connectivity index (χ4v) is 3.85. The number of rotatable bonds is 4. The van der Waals surface area contributed by atoms with E-state index in [1.165, 1.54) is 34.4 Å². The smallest absolute Gasteiger partial charge is 0.0363 e. The lowest BCUT2D eigenvalue weighted by atomic mass is 9.77. The molecule has 3 aromatic carbocycles. The van der Waals surface area contributed by atoms with Gasteiger partial charge in [-0.15, -0.1) is 0 Å². The molecule has 120 valence electrons. The number of para-hydroxylation sites is 1. The summed E-state index contributed by atoms with van der Waals surface area (Å²) in [4.78, 5) is 2.36. The maximum Gasteiger partial charge on any atom is 0.0363 e. The van der Waals surface area contributed by atoms with Gasteiger partial charge in [0.05, 0.1) is 0 Å². The molecule has 1 aliphatic carbocycles. The second kappa shape index (κ2) is 6.52. The molecular weight excluding hydrogens is 290 g/mol. The van der Waals surface area contributed by atoms with E-state index < -0.39 is 0 Å². The molecule has 0 spiro atoms. The van der Waals surface area contributed by atoms with Gasteiger partial charge in [0.15, 0.2) is 0 Å². The largest absolute Gasteiger partial charge is 0.375 e. The average molecular weight is 313 g/mol. The third-order valence-electron chi connectivity index (χ3n) is 5.18. The first kappa shape index (κ1) is 15.0. The maximum atomic E-state index is 2.36. The molecule has 0 aromatic heterocycles. The van der Waals surface area contributed by atoms with Crippen LogP contribution in [0.5, 0.6) is 0 Å². The molecule has 0 saturated carbocycles. The Labute approximate surface area is 144 Å². The van der Waals surface area contributed by atoms with Crippen LogP contribution >= 0.6 is 0 Å². The predicted molar refractivity (Wildman–Crippen MR) is 103 cm³/mol. The Morgan fingerprint density at radius 3 is 2.29 bits per heavy atom. The minimum absolute atomic E-state index is 0.599. The van der Waals surface area contributed by atoms with Crippen LogP contribution in [0.4, 0.5) is 5.69 Å². The van der Waals surface area contributed by atoms with Crippen LogP contribution in [0.15, 0.2) is 78.9 Å². The van der Waals surface area contributed by atoms with Gasteiger partial charge in [0.25, 0.3) is 0 Å². The minimum atomic E-state index is 0.599. The van der Waals surface area contributed by atoms with Gasteiger partial charge >= 0.3 is 0 Å². The molecule has 0 radical (unpaired) electrons. The van der Waals surface area contributed by atoms with Crippen LogP contribution in [-0.2, 0) is 6.42 Å². The molecule has 1 atom stereocenters. The highest BCUT2D eigenvalue weighted by molar-refractivity contribution is 5.74. The Bertz CT molecular complexity index is 822. The monoisotopic (exact) mass is 313 g/mol. The molecule has 1 aliphatic rings. The molecule has 0 saturated heterocycles. The van der Waals surface area contributed by atoms with Gasteiger partial charge < -0.3 is 4.90 Å². The molecule has 0 heterocycles. The lowest BCUT2D eigenvalue weighted by Gasteiger charge is -2.29. The third kappa shape index (κ3) is 2.82. The van der Waals surface area contributed by atoms with Crippen molar-refractivity contribution in [3.8, 4) is 11.1 Å². The molecule has 0 N–H and O–H groups in total. The molecule has 3 aromatic rings. The second-order valence-corrected chi connectivity index (χ2v) is 6.69. The third-order valence-corrected chi connectivity index (χ3v) is 5.18. The van der Waals surface area contributed by atoms with E-state index in [0.717, 1.165) is 13.0 Å². The van der Waals surface area contributed by atoms with Gasteiger partial charge in [-0.25, -0.2) is 0 Å². The highest BCUT2D eigenvalue weighted by Crippen LogP contribution is 2.40. The maximum absolute atomic E-state index is 2.36. The van der Waals surface area contributed by atoms with Crippen LogP contribution < -0.4 is 4.90 Å². The van der Waals surface area contributed by atoms with Gasteiger partial charge in [0.1, 0.15) is 0 Å². The van der Waals surface area contributed by atoms with Crippen LogP contribution in [0.2, 0.25) is 0 Å². The molecule has 0 amide bonds. The summed E-state index contributed by atoms with van der Waals surface area (Å²) in [7, 11) is 2.19. The molecule has 0 aliphatic heterocycles. The van der Waals surface area contributed by atoms with Crippen LogP contribution in [0, 0.1) is 0 Å². The van der Waals surface area contributed by atoms with Crippen LogP contribution in [0.25, 0.3) is 11.1 Å². The number of nitrogens with zero attached hydrogens (tertiary/aromatic N) is 1. The standard InChI is InChI=1S/C23H23N/c1-24(20-10-3-2-4-11-20)16-15-19-17-18-9-5-6-12-21(18)23-14-8-7-13-22(19)23/h2-14,19H,15-17H2,1H3. The molecule has 1 heteroatoms. The Hall–Kier alpha value is -2.54. The minimum Gasteiger partial charge on any atom is -0.375 e. The summed E-state index contributed by atoms with van der Waals surface area (Å²) in [6.07, 6.45) is 2.33. The summed E-state index contributed by atoms with van der Waals surface area (Å²) in [5.41, 5.74) is 7.13. The topological polar surface area (TPSA) is 3.24 Å². The van der Waals surface area contributed by atoms with E-state index in [1.54, 1.807) is 0 Å². The fourth-order valence-electron chi connectivity index (χ4n) is 3.85. The van der Waals surface area contributed by atoms with Gasteiger partial charge in [0, 0.05) is 19.3 Å². The molecule has 1 nitrogen and oxygen atoms in total. The quantitative estimate of drug-likeness (QED) is 0.613. The van der Waals surface area contributed by atoms with Crippen molar-refractivity contribution in [3.63, 3.8) is 0 Å². The Balaban J connectivity index is 1.57. The highest BCUT2D eigenvalue weighted by atomic mass is 15.1. The molecular formula is C23H23N. The predicted octanol–water partition coefficient (Wildman–Crippen LogP) is 5.52. The normalized spacial score (nSPS) is 15.5. The number of fused-ring (bicyclic) bond motifs is 3. The Kier molecular flexibility index (Phi) is 4.08. The van der Waals surface area contributed by atoms with Crippen molar-refractivity contribution < 1.29 is 0 Å². The first-order chi connectivity index (χ1) is 11.8. The zero-order valence-electron chi connectivity index (χ0n) is 14.2. The summed E-state index contributed by atoms with van der Waals surface area (Å²) in [6, 6.07) is 28.5. The SMILES string of the molecule is CN(CCC1Cc2ccccc2-c2ccccc21)c1ccccc1. The van der Waals surface area contributed by atoms with E-state index in [0.29, 0.717) is 5.92 Å². The van der Waals surface area contributed by atoms with Crippen molar-refractivity contribution in [1.82, 2.24) is 0 Å². The lowest BCUT2D eigenvalue weighted by Crippen LogP contribution is -2.22. The Morgan fingerprint density at radius 1 is 0.792 bits per heavy atom. The summed E-state index contributed by atoms with van der Waals surface area (Å²) in [5, 5.41) is 0. The van der Waals surface area contributed by atoms with Gasteiger partial charge in [0.2, 0.25) is 0 Å². The number of hydrogen-bond donors (Lipinski definition) is 0. The Morgan fingerprint density at radius 2 is 1.46 bits per heavy atom. The molecule has 4 rings (SSSR count). The zero-order valence-corrected chi connectivity index (χ0v) is 14.2. The van der Waals surface area contributed by atoms with E-state index in [1.807, 2.05) is 0 Å². The van der Waals surface area contributed by atoms with Crippen molar-refractivity contribution in [2.45, 2.75) is 18.8 Å². The molecule has 24 heavy (non-hydrogen) atoms. The fraction of sp³-hybridized carbons (Fsp3) is 0.217. The van der Waals surface area contributed by atoms with E-state index in [4.69, 9.17) is 0 Å². The first-order valence-electron chi connectivity index (χ1n) is 8.76. The van der Waals surface area contributed by atoms with Crippen LogP contribution in [0.3, 0.4) is 0 Å². The van der Waals surface area contributed by atoms with Crippen molar-refractivity contribution in [2.24, 2.45) is 0 Å². The summed E-state index contributed by atoms with van der Waals surface area (Å²) in [5.74, 6) is 0.599. The van der Waals surface area contributed by atoms with Crippen molar-refractivity contribution in [1.29, 1.82) is 0 Å². The van der Waals surface area contributed by atoms with Gasteiger partial charge in [-0.2, -0.15) is 0 Å². The van der Waals surface area contributed by atoms with Crippen molar-refractivity contribution >= 4 is 5.69 Å². The lowest BCUT2D eigenvalue weighted by molar-refractivity contribution is 0.613. The first-order valence-corrected chi connectivity index (χ1v) is 8.76.